The fraction of sp³-hybridized carbons (Fsp3) is 0.258. The Hall–Kier alpha value is -5.34. The molecule has 1 atom stereocenters. The van der Waals surface area contributed by atoms with E-state index in [1.54, 1.807) is 49.0 Å². The number of cyclic esters (lactones) is 1. The number of pyridine rings is 3. The molecule has 4 aromatic heterocycles. The standard InChI is InChI=1S/C31H27FN8O5/c1-3-31(44)21-8-25-27-19(12-40(25)29(42)20(21)14-45-30(31)43)18(17-7-15(2)22(32)9-23(17)35-27)11-39-13-24(37-38-39)16-5-4-6-34-28(16)36-26(41)10-33/h4-9,13,44H,3,10-12,14,33H2,1-2H3,(H,34,36,41)/t31-/m0/s1. The van der Waals surface area contributed by atoms with Crippen LogP contribution in [0.3, 0.4) is 0 Å². The lowest BCUT2D eigenvalue weighted by Crippen LogP contribution is -2.44. The van der Waals surface area contributed by atoms with Crippen LogP contribution in [0.1, 0.15) is 41.2 Å². The number of anilines is 1. The largest absolute Gasteiger partial charge is 0.458 e. The first-order chi connectivity index (χ1) is 21.6. The van der Waals surface area contributed by atoms with Gasteiger partial charge in [0.05, 0.1) is 48.3 Å². The molecule has 13 nitrogen and oxygen atoms in total. The van der Waals surface area contributed by atoms with Gasteiger partial charge in [0.25, 0.3) is 5.56 Å². The van der Waals surface area contributed by atoms with E-state index in [9.17, 15) is 23.9 Å². The normalized spacial score (nSPS) is 16.7. The zero-order valence-corrected chi connectivity index (χ0v) is 24.3. The fourth-order valence-electron chi connectivity index (χ4n) is 6.03. The number of carbonyl (C=O) groups excluding carboxylic acids is 2. The molecule has 5 aromatic rings. The molecular weight excluding hydrogens is 583 g/mol. The average Bonchev–Trinajstić information content (AvgIpc) is 3.65. The van der Waals surface area contributed by atoms with Crippen LogP contribution in [-0.4, -0.2) is 53.1 Å². The number of halogens is 1. The summed E-state index contributed by atoms with van der Waals surface area (Å²) in [6, 6.07) is 8.14. The Morgan fingerprint density at radius 1 is 1.24 bits per heavy atom. The number of aromatic nitrogens is 6. The molecule has 1 aromatic carbocycles. The van der Waals surface area contributed by atoms with E-state index in [2.05, 4.69) is 20.6 Å². The van der Waals surface area contributed by atoms with E-state index in [0.29, 0.717) is 39.1 Å². The van der Waals surface area contributed by atoms with Crippen molar-refractivity contribution in [2.75, 3.05) is 11.9 Å². The van der Waals surface area contributed by atoms with Gasteiger partial charge in [0.15, 0.2) is 5.60 Å². The summed E-state index contributed by atoms with van der Waals surface area (Å²) >= 11 is 0. The summed E-state index contributed by atoms with van der Waals surface area (Å²) < 4.78 is 23.1. The van der Waals surface area contributed by atoms with Crippen LogP contribution in [0.15, 0.2) is 47.5 Å². The molecular formula is C31H27FN8O5. The molecule has 0 bridgehead atoms. The van der Waals surface area contributed by atoms with Crippen molar-refractivity contribution in [2.24, 2.45) is 5.73 Å². The summed E-state index contributed by atoms with van der Waals surface area (Å²) in [5, 5.41) is 23.2. The van der Waals surface area contributed by atoms with Crippen molar-refractivity contribution in [3.63, 3.8) is 0 Å². The van der Waals surface area contributed by atoms with Gasteiger partial charge in [-0.15, -0.1) is 5.10 Å². The number of esters is 1. The molecule has 0 aliphatic carbocycles. The highest BCUT2D eigenvalue weighted by molar-refractivity contribution is 5.94. The minimum Gasteiger partial charge on any atom is -0.458 e. The molecule has 0 saturated carbocycles. The highest BCUT2D eigenvalue weighted by Crippen LogP contribution is 2.40. The van der Waals surface area contributed by atoms with Crippen LogP contribution in [0, 0.1) is 12.7 Å². The number of hydrogen-bond acceptors (Lipinski definition) is 10. The van der Waals surface area contributed by atoms with Crippen LogP contribution in [-0.2, 0) is 39.6 Å². The monoisotopic (exact) mass is 610 g/mol. The fourth-order valence-corrected chi connectivity index (χ4v) is 6.03. The van der Waals surface area contributed by atoms with Crippen molar-refractivity contribution in [1.29, 1.82) is 0 Å². The molecule has 2 aliphatic heterocycles. The van der Waals surface area contributed by atoms with Gasteiger partial charge in [-0.3, -0.25) is 9.59 Å². The number of aliphatic hydroxyl groups is 1. The summed E-state index contributed by atoms with van der Waals surface area (Å²) in [5.74, 6) is -1.37. The Morgan fingerprint density at radius 2 is 2.07 bits per heavy atom. The summed E-state index contributed by atoms with van der Waals surface area (Å²) in [4.78, 5) is 47.3. The second-order valence-electron chi connectivity index (χ2n) is 11.1. The smallest absolute Gasteiger partial charge is 0.343 e. The van der Waals surface area contributed by atoms with Crippen LogP contribution < -0.4 is 16.6 Å². The lowest BCUT2D eigenvalue weighted by molar-refractivity contribution is -0.172. The third-order valence-electron chi connectivity index (χ3n) is 8.47. The topological polar surface area (TPSA) is 180 Å². The number of benzene rings is 1. The molecule has 14 heteroatoms. The van der Waals surface area contributed by atoms with Gasteiger partial charge in [-0.25, -0.2) is 23.8 Å². The van der Waals surface area contributed by atoms with Crippen molar-refractivity contribution in [3.8, 4) is 22.6 Å². The summed E-state index contributed by atoms with van der Waals surface area (Å²) in [6.07, 6.45) is 3.24. The maximum absolute atomic E-state index is 14.8. The lowest BCUT2D eigenvalue weighted by Gasteiger charge is -2.31. The summed E-state index contributed by atoms with van der Waals surface area (Å²) in [7, 11) is 0. The number of amides is 1. The molecule has 2 aliphatic rings. The second kappa shape index (κ2) is 10.4. The van der Waals surface area contributed by atoms with Crippen molar-refractivity contribution >= 4 is 28.6 Å². The zero-order chi connectivity index (χ0) is 31.6. The van der Waals surface area contributed by atoms with Crippen molar-refractivity contribution in [3.05, 3.63) is 86.7 Å². The zero-order valence-electron chi connectivity index (χ0n) is 24.3. The molecule has 45 heavy (non-hydrogen) atoms. The summed E-state index contributed by atoms with van der Waals surface area (Å²) in [6.45, 7) is 3.18. The first kappa shape index (κ1) is 28.4. The molecule has 6 heterocycles. The molecule has 4 N–H and O–H groups in total. The number of nitrogens with two attached hydrogens (primary N) is 1. The van der Waals surface area contributed by atoms with Crippen LogP contribution in [0.5, 0.6) is 0 Å². The van der Waals surface area contributed by atoms with Crippen molar-refractivity contribution in [1.82, 2.24) is 29.5 Å². The third kappa shape index (κ3) is 4.40. The van der Waals surface area contributed by atoms with Crippen LogP contribution in [0.2, 0.25) is 0 Å². The van der Waals surface area contributed by atoms with Gasteiger partial charge >= 0.3 is 5.97 Å². The first-order valence-electron chi connectivity index (χ1n) is 14.3. The molecule has 0 radical (unpaired) electrons. The van der Waals surface area contributed by atoms with E-state index in [0.717, 1.165) is 11.1 Å². The van der Waals surface area contributed by atoms with E-state index < -0.39 is 28.9 Å². The number of rotatable bonds is 6. The molecule has 0 saturated heterocycles. The summed E-state index contributed by atoms with van der Waals surface area (Å²) in [5.41, 5.74) is 7.58. The number of ether oxygens (including phenoxy) is 1. The predicted octanol–water partition coefficient (Wildman–Crippen LogP) is 2.13. The number of carbonyl (C=O) groups is 2. The van der Waals surface area contributed by atoms with E-state index in [1.807, 2.05) is 0 Å². The van der Waals surface area contributed by atoms with Gasteiger partial charge in [-0.1, -0.05) is 12.1 Å². The van der Waals surface area contributed by atoms with Crippen molar-refractivity contribution in [2.45, 2.75) is 45.6 Å². The van der Waals surface area contributed by atoms with Gasteiger partial charge in [0.1, 0.15) is 23.9 Å². The predicted molar refractivity (Wildman–Crippen MR) is 159 cm³/mol. The number of nitrogens with one attached hydrogen (secondary N) is 1. The van der Waals surface area contributed by atoms with Gasteiger partial charge in [0.2, 0.25) is 5.91 Å². The molecule has 1 amide bonds. The first-order valence-corrected chi connectivity index (χ1v) is 14.3. The molecule has 0 fully saturated rings. The Kier molecular flexibility index (Phi) is 6.56. The Balaban J connectivity index is 1.37. The van der Waals surface area contributed by atoms with Crippen molar-refractivity contribution < 1.29 is 23.8 Å². The van der Waals surface area contributed by atoms with E-state index >= 15 is 0 Å². The van der Waals surface area contributed by atoms with Gasteiger partial charge in [-0.2, -0.15) is 0 Å². The van der Waals surface area contributed by atoms with E-state index in [4.69, 9.17) is 15.5 Å². The number of fused-ring (bicyclic) bond motifs is 5. The Bertz CT molecular complexity index is 2140. The van der Waals surface area contributed by atoms with Gasteiger partial charge in [-0.05, 0) is 48.7 Å². The van der Waals surface area contributed by atoms with E-state index in [1.165, 1.54) is 16.8 Å². The number of aryl methyl sites for hydroxylation is 1. The maximum atomic E-state index is 14.8. The van der Waals surface area contributed by atoms with Gasteiger partial charge < -0.3 is 25.5 Å². The lowest BCUT2D eigenvalue weighted by atomic mass is 9.86. The highest BCUT2D eigenvalue weighted by Gasteiger charge is 2.45. The molecule has 7 rings (SSSR count). The minimum atomic E-state index is -1.97. The Labute approximate surface area is 254 Å². The quantitative estimate of drug-likeness (QED) is 0.237. The second-order valence-corrected chi connectivity index (χ2v) is 11.1. The SMILES string of the molecule is CC[C@@]1(O)C(=O)OCc2c1cc1n(c2=O)Cc2c-1nc1cc(F)c(C)cc1c2Cn1cc(-c2cccnc2NC(=O)CN)nn1. The van der Waals surface area contributed by atoms with Crippen LogP contribution >= 0.6 is 0 Å². The molecule has 0 unspecified atom stereocenters. The number of hydrogen-bond donors (Lipinski definition) is 3. The van der Waals surface area contributed by atoms with Gasteiger partial charge in [0, 0.05) is 34.3 Å². The Morgan fingerprint density at radius 3 is 2.84 bits per heavy atom. The molecule has 228 valence electrons. The third-order valence-corrected chi connectivity index (χ3v) is 8.47. The van der Waals surface area contributed by atoms with E-state index in [-0.39, 0.29) is 49.6 Å². The van der Waals surface area contributed by atoms with Crippen LogP contribution in [0.25, 0.3) is 33.5 Å². The minimum absolute atomic E-state index is 0.0126. The molecule has 0 spiro atoms. The van der Waals surface area contributed by atoms with Crippen LogP contribution in [0.4, 0.5) is 10.2 Å². The average molecular weight is 611 g/mol. The number of nitrogens with zero attached hydrogens (tertiary/aromatic N) is 6. The highest BCUT2D eigenvalue weighted by atomic mass is 19.1. The maximum Gasteiger partial charge on any atom is 0.343 e.